The molecule has 1 aromatic carbocycles. The minimum Gasteiger partial charge on any atom is -0.372 e. The molecule has 3 saturated heterocycles. The summed E-state index contributed by atoms with van der Waals surface area (Å²) in [5.41, 5.74) is -1.93. The summed E-state index contributed by atoms with van der Waals surface area (Å²) in [6, 6.07) is -0.416. The van der Waals surface area contributed by atoms with Crippen LogP contribution in [-0.2, 0) is 30.6 Å². The third-order valence-electron chi connectivity index (χ3n) is 7.80. The number of nitrogens with one attached hydrogen (secondary N) is 2. The first kappa shape index (κ1) is 24.7. The molecule has 0 unspecified atom stereocenters. The van der Waals surface area contributed by atoms with Gasteiger partial charge in [-0.3, -0.25) is 25.0 Å². The third-order valence-corrected chi connectivity index (χ3v) is 9.41. The highest BCUT2D eigenvalue weighted by molar-refractivity contribution is 7.91. The average Bonchev–Trinajstić information content (AvgIpc) is 3.25. The molecular formula is C23H24FN5O8S. The van der Waals surface area contributed by atoms with Gasteiger partial charge in [0.2, 0.25) is 17.4 Å². The highest BCUT2D eigenvalue weighted by Gasteiger charge is 2.63. The van der Waals surface area contributed by atoms with Crippen molar-refractivity contribution in [2.45, 2.75) is 38.5 Å². The molecule has 3 atom stereocenters. The maximum Gasteiger partial charge on any atom is 0.328 e. The Labute approximate surface area is 215 Å². The minimum atomic E-state index is -3.24. The van der Waals surface area contributed by atoms with Crippen LogP contribution >= 0.6 is 0 Å². The highest BCUT2D eigenvalue weighted by Crippen LogP contribution is 2.49. The number of carbonyl (C=O) groups is 4. The van der Waals surface area contributed by atoms with Gasteiger partial charge in [0.25, 0.3) is 5.91 Å². The zero-order chi connectivity index (χ0) is 27.1. The van der Waals surface area contributed by atoms with E-state index in [0.29, 0.717) is 0 Å². The Kier molecular flexibility index (Phi) is 5.34. The van der Waals surface area contributed by atoms with Gasteiger partial charge in [-0.1, -0.05) is 5.16 Å². The molecule has 6 rings (SSSR count). The largest absolute Gasteiger partial charge is 0.372 e. The number of ether oxygens (including phenoxy) is 1. The van der Waals surface area contributed by atoms with Gasteiger partial charge in [0.1, 0.15) is 0 Å². The summed E-state index contributed by atoms with van der Waals surface area (Å²) >= 11 is 0. The van der Waals surface area contributed by atoms with E-state index in [1.165, 1.54) is 11.0 Å². The molecule has 38 heavy (non-hydrogen) atoms. The Morgan fingerprint density at radius 1 is 1.16 bits per heavy atom. The molecular weight excluding hydrogens is 525 g/mol. The molecule has 13 nitrogen and oxygen atoms in total. The smallest absolute Gasteiger partial charge is 0.328 e. The van der Waals surface area contributed by atoms with E-state index in [0.717, 1.165) is 0 Å². The molecule has 4 aliphatic heterocycles. The molecule has 0 saturated carbocycles. The number of imide groups is 2. The quantitative estimate of drug-likeness (QED) is 0.452. The molecule has 1 spiro atoms. The molecule has 2 N–H and O–H groups in total. The maximum absolute atomic E-state index is 16.1. The van der Waals surface area contributed by atoms with E-state index in [1.54, 1.807) is 18.7 Å². The Hall–Kier alpha value is -3.59. The van der Waals surface area contributed by atoms with Gasteiger partial charge in [0.15, 0.2) is 26.8 Å². The van der Waals surface area contributed by atoms with Crippen molar-refractivity contribution in [2.24, 2.45) is 5.41 Å². The van der Waals surface area contributed by atoms with Gasteiger partial charge in [0, 0.05) is 26.1 Å². The van der Waals surface area contributed by atoms with Crippen molar-refractivity contribution in [3.8, 4) is 0 Å². The fraction of sp³-hybridized carbons (Fsp3) is 0.522. The van der Waals surface area contributed by atoms with E-state index in [4.69, 9.17) is 9.26 Å². The van der Waals surface area contributed by atoms with Crippen molar-refractivity contribution in [2.75, 3.05) is 36.0 Å². The number of carbonyl (C=O) groups excluding carboxylic acids is 4. The Balaban J connectivity index is 1.49. The van der Waals surface area contributed by atoms with Gasteiger partial charge in [-0.25, -0.2) is 17.6 Å². The van der Waals surface area contributed by atoms with E-state index in [1.807, 2.05) is 0 Å². The lowest BCUT2D eigenvalue weighted by atomic mass is 9.66. The monoisotopic (exact) mass is 549 g/mol. The molecule has 5 heterocycles. The SMILES string of the molecule is C[C@@H]1CN2c3c(cc4c(C(=O)N5CCS(=O)(=O)CC5)noc4c3F)CC3(C(=O)NC(=O)NC3=O)[C@H]2[C@H](C)O1. The van der Waals surface area contributed by atoms with Crippen LogP contribution in [0.25, 0.3) is 11.0 Å². The summed E-state index contributed by atoms with van der Waals surface area (Å²) in [6.45, 7) is 3.52. The number of anilines is 1. The average molecular weight is 550 g/mol. The lowest BCUT2D eigenvalue weighted by Crippen LogP contribution is -2.75. The van der Waals surface area contributed by atoms with Gasteiger partial charge in [-0.15, -0.1) is 0 Å². The zero-order valence-corrected chi connectivity index (χ0v) is 21.3. The number of hydrogen-bond donors (Lipinski definition) is 2. The predicted molar refractivity (Wildman–Crippen MR) is 127 cm³/mol. The van der Waals surface area contributed by atoms with Gasteiger partial charge in [-0.05, 0) is 25.5 Å². The summed E-state index contributed by atoms with van der Waals surface area (Å²) in [5.74, 6) is -3.47. The summed E-state index contributed by atoms with van der Waals surface area (Å²) in [4.78, 5) is 54.6. The fourth-order valence-electron chi connectivity index (χ4n) is 6.17. The first-order chi connectivity index (χ1) is 17.9. The van der Waals surface area contributed by atoms with Gasteiger partial charge < -0.3 is 19.1 Å². The van der Waals surface area contributed by atoms with Gasteiger partial charge in [0.05, 0.1) is 40.8 Å². The third kappa shape index (κ3) is 3.44. The van der Waals surface area contributed by atoms with Crippen LogP contribution in [0.1, 0.15) is 29.9 Å². The number of fused-ring (bicyclic) bond motifs is 5. The Morgan fingerprint density at radius 3 is 2.47 bits per heavy atom. The van der Waals surface area contributed by atoms with E-state index in [9.17, 15) is 27.6 Å². The summed E-state index contributed by atoms with van der Waals surface area (Å²) in [6.07, 6.45) is -1.34. The van der Waals surface area contributed by atoms with E-state index in [2.05, 4.69) is 15.8 Å². The normalized spacial score (nSPS) is 28.1. The number of amides is 5. The second-order valence-corrected chi connectivity index (χ2v) is 12.5. The second kappa shape index (κ2) is 8.20. The van der Waals surface area contributed by atoms with Crippen molar-refractivity contribution in [1.29, 1.82) is 0 Å². The van der Waals surface area contributed by atoms with Crippen LogP contribution in [0.4, 0.5) is 14.9 Å². The molecule has 5 amide bonds. The molecule has 0 bridgehead atoms. The summed E-state index contributed by atoms with van der Waals surface area (Å²) in [7, 11) is -3.24. The summed E-state index contributed by atoms with van der Waals surface area (Å²) < 4.78 is 50.9. The minimum absolute atomic E-state index is 0.0361. The number of benzene rings is 1. The van der Waals surface area contributed by atoms with Crippen LogP contribution in [0.2, 0.25) is 0 Å². The van der Waals surface area contributed by atoms with Crippen molar-refractivity contribution >= 4 is 50.2 Å². The number of rotatable bonds is 1. The predicted octanol–water partition coefficient (Wildman–Crippen LogP) is -0.272. The molecule has 0 aliphatic carbocycles. The van der Waals surface area contributed by atoms with Crippen LogP contribution < -0.4 is 15.5 Å². The van der Waals surface area contributed by atoms with E-state index < -0.39 is 57.0 Å². The standard InChI is InChI=1S/C23H24FN5O8S/c1-10-9-29-16-12(8-23(18(29)11(2)36-10)20(31)25-22(33)26-21(23)32)7-13-15(27-37-17(13)14(16)24)19(30)28-3-5-38(34,35)6-4-28/h7,10-11,18H,3-6,8-9H2,1-2H3,(H2,25,26,31,32,33)/t10-,11+,18-/m1/s1. The number of aromatic nitrogens is 1. The fourth-order valence-corrected chi connectivity index (χ4v) is 7.37. The number of hydrogen-bond acceptors (Lipinski definition) is 10. The Morgan fingerprint density at radius 2 is 1.82 bits per heavy atom. The number of nitrogens with zero attached hydrogens (tertiary/aromatic N) is 3. The van der Waals surface area contributed by atoms with E-state index in [-0.39, 0.29) is 71.6 Å². The number of halogens is 1. The molecule has 3 fully saturated rings. The molecule has 15 heteroatoms. The lowest BCUT2D eigenvalue weighted by Gasteiger charge is -2.55. The van der Waals surface area contributed by atoms with Crippen molar-refractivity contribution in [3.05, 3.63) is 23.1 Å². The van der Waals surface area contributed by atoms with Crippen molar-refractivity contribution < 1.29 is 41.2 Å². The zero-order valence-electron chi connectivity index (χ0n) is 20.4. The van der Waals surface area contributed by atoms with Crippen LogP contribution in [0.15, 0.2) is 10.6 Å². The first-order valence-electron chi connectivity index (χ1n) is 12.1. The maximum atomic E-state index is 16.1. The molecule has 0 radical (unpaired) electrons. The van der Waals surface area contributed by atoms with Crippen LogP contribution in [0, 0.1) is 11.2 Å². The molecule has 202 valence electrons. The van der Waals surface area contributed by atoms with Crippen molar-refractivity contribution in [1.82, 2.24) is 20.7 Å². The summed E-state index contributed by atoms with van der Waals surface area (Å²) in [5, 5.41) is 8.18. The van der Waals surface area contributed by atoms with Gasteiger partial charge in [-0.2, -0.15) is 0 Å². The number of barbiturate groups is 1. The highest BCUT2D eigenvalue weighted by atomic mass is 32.2. The van der Waals surface area contributed by atoms with Crippen molar-refractivity contribution in [3.63, 3.8) is 0 Å². The lowest BCUT2D eigenvalue weighted by molar-refractivity contribution is -0.153. The van der Waals surface area contributed by atoms with Crippen LogP contribution in [0.5, 0.6) is 0 Å². The molecule has 2 aromatic rings. The number of urea groups is 1. The molecule has 4 aliphatic rings. The first-order valence-corrected chi connectivity index (χ1v) is 13.9. The molecule has 1 aromatic heterocycles. The van der Waals surface area contributed by atoms with Gasteiger partial charge >= 0.3 is 6.03 Å². The van der Waals surface area contributed by atoms with Crippen LogP contribution in [-0.4, -0.2) is 91.6 Å². The van der Waals surface area contributed by atoms with E-state index >= 15 is 4.39 Å². The van der Waals surface area contributed by atoms with Crippen LogP contribution in [0.3, 0.4) is 0 Å². The topological polar surface area (TPSA) is 168 Å². The number of morpholine rings is 1. The second-order valence-electron chi connectivity index (χ2n) is 10.2. The Bertz CT molecular complexity index is 1500. The number of sulfone groups is 1.